The first kappa shape index (κ1) is 22.8. The molecule has 2 N–H and O–H groups in total. The fraction of sp³-hybridized carbons (Fsp3) is 0.722. The van der Waals surface area contributed by atoms with E-state index < -0.39 is 17.8 Å². The fourth-order valence-corrected chi connectivity index (χ4v) is 3.17. The molecule has 29 heavy (non-hydrogen) atoms. The summed E-state index contributed by atoms with van der Waals surface area (Å²) in [5, 5.41) is 5.77. The number of hydrogen-bond donors (Lipinski definition) is 2. The Morgan fingerprint density at radius 2 is 1.59 bits per heavy atom. The predicted molar refractivity (Wildman–Crippen MR) is 101 cm³/mol. The molecule has 4 amide bonds. The first-order valence-electron chi connectivity index (χ1n) is 9.70. The van der Waals surface area contributed by atoms with Crippen LogP contribution in [0.5, 0.6) is 0 Å². The number of imide groups is 1. The van der Waals surface area contributed by atoms with Crippen LogP contribution in [0.2, 0.25) is 0 Å². The Kier molecular flexibility index (Phi) is 8.09. The van der Waals surface area contributed by atoms with Gasteiger partial charge in [-0.2, -0.15) is 0 Å². The van der Waals surface area contributed by atoms with Gasteiger partial charge in [-0.3, -0.25) is 24.1 Å². The van der Waals surface area contributed by atoms with Crippen molar-refractivity contribution in [2.45, 2.75) is 44.7 Å². The zero-order valence-corrected chi connectivity index (χ0v) is 17.1. The predicted octanol–water partition coefficient (Wildman–Crippen LogP) is -1.76. The third-order valence-corrected chi connectivity index (χ3v) is 5.10. The normalized spacial score (nSPS) is 23.2. The summed E-state index contributed by atoms with van der Waals surface area (Å²) in [6.07, 6.45) is -0.0415. The molecule has 162 valence electrons. The minimum atomic E-state index is -0.777. The Bertz CT molecular complexity index is 653. The van der Waals surface area contributed by atoms with Gasteiger partial charge in [0.2, 0.25) is 11.8 Å². The van der Waals surface area contributed by atoms with Gasteiger partial charge in [-0.05, 0) is 21.0 Å². The van der Waals surface area contributed by atoms with Crippen molar-refractivity contribution in [2.24, 2.45) is 0 Å². The summed E-state index contributed by atoms with van der Waals surface area (Å²) in [5.41, 5.74) is 0. The van der Waals surface area contributed by atoms with Crippen molar-refractivity contribution < 1.29 is 28.8 Å². The van der Waals surface area contributed by atoms with E-state index in [0.29, 0.717) is 17.6 Å². The van der Waals surface area contributed by atoms with E-state index in [1.165, 1.54) is 0 Å². The number of rotatable bonds is 8. The number of nitrogens with zero attached hydrogens (tertiary/aromatic N) is 3. The number of piperazine rings is 1. The molecule has 0 saturated carbocycles. The molecule has 0 spiro atoms. The molecule has 0 aliphatic carbocycles. The minimum Gasteiger partial charge on any atom is -0.355 e. The van der Waals surface area contributed by atoms with Crippen molar-refractivity contribution in [2.75, 3.05) is 40.3 Å². The lowest BCUT2D eigenvalue weighted by atomic mass is 10.2. The Morgan fingerprint density at radius 1 is 0.966 bits per heavy atom. The number of likely N-dealkylation sites (N-methyl/N-ethyl adjacent to an activating group) is 2. The van der Waals surface area contributed by atoms with Crippen molar-refractivity contribution in [3.63, 3.8) is 0 Å². The van der Waals surface area contributed by atoms with Crippen LogP contribution in [-0.2, 0) is 28.8 Å². The summed E-state index contributed by atoms with van der Waals surface area (Å²) in [6, 6.07) is 0.119. The molecule has 0 aromatic heterocycles. The molecule has 2 atom stereocenters. The molecule has 2 rings (SSSR count). The summed E-state index contributed by atoms with van der Waals surface area (Å²) in [7, 11) is 3.88. The second-order valence-corrected chi connectivity index (χ2v) is 7.43. The molecule has 0 aromatic carbocycles. The first-order valence-corrected chi connectivity index (χ1v) is 9.70. The Hall–Kier alpha value is -2.53. The van der Waals surface area contributed by atoms with Gasteiger partial charge in [-0.25, -0.2) is 4.79 Å². The maximum atomic E-state index is 12.3. The molecule has 0 aromatic rings. The summed E-state index contributed by atoms with van der Waals surface area (Å²) in [5.74, 6) is -2.32. The minimum absolute atomic E-state index is 0.00980. The van der Waals surface area contributed by atoms with Gasteiger partial charge < -0.3 is 20.4 Å². The lowest BCUT2D eigenvalue weighted by molar-refractivity contribution is -0.197. The van der Waals surface area contributed by atoms with Gasteiger partial charge in [0, 0.05) is 51.5 Å². The van der Waals surface area contributed by atoms with E-state index in [4.69, 9.17) is 4.84 Å². The number of amides is 4. The van der Waals surface area contributed by atoms with Gasteiger partial charge in [0.1, 0.15) is 6.04 Å². The smallest absolute Gasteiger partial charge is 0.334 e. The van der Waals surface area contributed by atoms with Crippen LogP contribution in [-0.4, -0.2) is 96.8 Å². The topological polar surface area (TPSA) is 128 Å². The zero-order chi connectivity index (χ0) is 21.6. The van der Waals surface area contributed by atoms with E-state index in [1.807, 2.05) is 19.0 Å². The number of nitrogens with one attached hydrogen (secondary N) is 2. The lowest BCUT2D eigenvalue weighted by Gasteiger charge is -2.41. The van der Waals surface area contributed by atoms with Gasteiger partial charge in [0.25, 0.3) is 11.8 Å². The van der Waals surface area contributed by atoms with E-state index in [-0.39, 0.29) is 56.6 Å². The third-order valence-electron chi connectivity index (χ3n) is 5.10. The summed E-state index contributed by atoms with van der Waals surface area (Å²) < 4.78 is 0. The molecule has 0 bridgehead atoms. The highest BCUT2D eigenvalue weighted by Gasteiger charge is 2.33. The molecule has 2 fully saturated rings. The second kappa shape index (κ2) is 10.3. The summed E-state index contributed by atoms with van der Waals surface area (Å²) in [6.45, 7) is 3.72. The highest BCUT2D eigenvalue weighted by atomic mass is 16.8. The van der Waals surface area contributed by atoms with E-state index in [1.54, 1.807) is 0 Å². The van der Waals surface area contributed by atoms with Crippen LogP contribution in [0.4, 0.5) is 0 Å². The number of carbonyl (C=O) groups excluding carboxylic acids is 5. The number of hydrogen-bond acceptors (Lipinski definition) is 8. The molecule has 0 radical (unpaired) electrons. The van der Waals surface area contributed by atoms with Crippen LogP contribution < -0.4 is 10.6 Å². The molecule has 11 nitrogen and oxygen atoms in total. The van der Waals surface area contributed by atoms with Crippen LogP contribution in [0.1, 0.15) is 32.6 Å². The van der Waals surface area contributed by atoms with Gasteiger partial charge >= 0.3 is 5.97 Å². The van der Waals surface area contributed by atoms with Gasteiger partial charge in [-0.15, -0.1) is 5.06 Å². The SMILES string of the molecule is CC1[13CH2]N([13CH3])C(C(=O)NCC[13C](=O)[15NH][13CH2][13CH2][13C](=O)ON2C(=O)CCC2=O)C[15N]1[13CH3]. The molecular formula is C18H29N5O6. The Morgan fingerprint density at radius 3 is 2.24 bits per heavy atom. The highest BCUT2D eigenvalue weighted by Crippen LogP contribution is 2.13. The summed E-state index contributed by atoms with van der Waals surface area (Å²) >= 11 is 0. The third kappa shape index (κ3) is 6.50. The van der Waals surface area contributed by atoms with E-state index in [0.717, 1.165) is 6.54 Å². The highest BCUT2D eigenvalue weighted by molar-refractivity contribution is 6.01. The number of hydroxylamine groups is 2. The molecule has 2 unspecified atom stereocenters. The van der Waals surface area contributed by atoms with Crippen LogP contribution in [0.15, 0.2) is 0 Å². The molecule has 2 aliphatic heterocycles. The Labute approximate surface area is 169 Å². The average molecular weight is 420 g/mol. The number of carbonyl (C=O) groups is 5. The molecule has 2 aliphatic rings. The maximum absolute atomic E-state index is 12.3. The van der Waals surface area contributed by atoms with Gasteiger partial charge in [-0.1, -0.05) is 0 Å². The quantitative estimate of drug-likeness (QED) is 0.269. The Balaban J connectivity index is 1.60. The van der Waals surface area contributed by atoms with Crippen molar-refractivity contribution in [1.29, 1.82) is 0 Å². The molecule has 2 heterocycles. The van der Waals surface area contributed by atoms with Crippen LogP contribution in [0.3, 0.4) is 0 Å². The van der Waals surface area contributed by atoms with Gasteiger partial charge in [0.15, 0.2) is 0 Å². The van der Waals surface area contributed by atoms with E-state index in [9.17, 15) is 24.0 Å². The van der Waals surface area contributed by atoms with Crippen molar-refractivity contribution in [3.8, 4) is 0 Å². The first-order chi connectivity index (χ1) is 13.7. The van der Waals surface area contributed by atoms with E-state index in [2.05, 4.69) is 22.5 Å². The van der Waals surface area contributed by atoms with Crippen LogP contribution in [0, 0.1) is 0 Å². The van der Waals surface area contributed by atoms with Crippen LogP contribution >= 0.6 is 0 Å². The fourth-order valence-electron chi connectivity index (χ4n) is 3.17. The molecule has 2 saturated heterocycles. The standard InChI is InChI=1S/C18H29N5O6/c1-12-10-22(3)13(11-21(12)2)18(28)20-8-6-14(24)19-9-7-17(27)29-23-15(25)4-5-16(23)26/h12-13H,4-11H2,1-3H3,(H,19,24)(H,20,28)/i2+1,3+1,7+1,9+1,10+1,14+1,17+1,19+1,21+1. The van der Waals surface area contributed by atoms with Crippen LogP contribution in [0.25, 0.3) is 0 Å². The zero-order valence-electron chi connectivity index (χ0n) is 17.1. The largest absolute Gasteiger partial charge is 0.355 e. The average Bonchev–Trinajstić information content (AvgIpc) is 2.96. The van der Waals surface area contributed by atoms with Crippen molar-refractivity contribution in [1.82, 2.24) is 25.5 Å². The van der Waals surface area contributed by atoms with Gasteiger partial charge in [0.05, 0.1) is 6.42 Å². The van der Waals surface area contributed by atoms with Crippen molar-refractivity contribution >= 4 is 29.6 Å². The van der Waals surface area contributed by atoms with Crippen molar-refractivity contribution in [3.05, 3.63) is 0 Å². The summed E-state index contributed by atoms with van der Waals surface area (Å²) in [4.78, 5) is 67.4. The molecular weight excluding hydrogens is 391 g/mol. The monoisotopic (exact) mass is 420 g/mol. The second-order valence-electron chi connectivity index (χ2n) is 7.43. The lowest BCUT2D eigenvalue weighted by Crippen LogP contribution is -2.59. The maximum Gasteiger partial charge on any atom is 0.334 e. The molecule has 11 heteroatoms. The van der Waals surface area contributed by atoms with E-state index >= 15 is 0 Å².